The summed E-state index contributed by atoms with van der Waals surface area (Å²) in [6.45, 7) is 4.26. The molecule has 3 atom stereocenters. The van der Waals surface area contributed by atoms with Crippen LogP contribution in [0.3, 0.4) is 0 Å². The van der Waals surface area contributed by atoms with E-state index in [1.165, 1.54) is 0 Å². The fourth-order valence-electron chi connectivity index (χ4n) is 8.03. The van der Waals surface area contributed by atoms with Gasteiger partial charge < -0.3 is 24.8 Å². The van der Waals surface area contributed by atoms with Crippen LogP contribution in [0.2, 0.25) is 0 Å². The molecule has 1 saturated carbocycles. The summed E-state index contributed by atoms with van der Waals surface area (Å²) in [5.41, 5.74) is -1.06. The number of ether oxygens (including phenoxy) is 3. The molecule has 0 bridgehead atoms. The van der Waals surface area contributed by atoms with Crippen LogP contribution in [-0.4, -0.2) is 95.2 Å². The maximum absolute atomic E-state index is 17.1. The van der Waals surface area contributed by atoms with Crippen molar-refractivity contribution in [3.8, 4) is 28.8 Å². The van der Waals surface area contributed by atoms with Crippen LogP contribution >= 0.6 is 0 Å². The van der Waals surface area contributed by atoms with Crippen molar-refractivity contribution < 1.29 is 54.4 Å². The van der Waals surface area contributed by atoms with Gasteiger partial charge in [0.15, 0.2) is 17.4 Å². The summed E-state index contributed by atoms with van der Waals surface area (Å²) in [7, 11) is 0. The number of anilines is 1. The van der Waals surface area contributed by atoms with Crippen molar-refractivity contribution in [1.29, 1.82) is 0 Å². The van der Waals surface area contributed by atoms with Gasteiger partial charge in [0.05, 0.1) is 23.8 Å². The first-order valence-electron chi connectivity index (χ1n) is 17.8. The van der Waals surface area contributed by atoms with Gasteiger partial charge in [-0.3, -0.25) is 9.64 Å². The predicted octanol–water partition coefficient (Wildman–Crippen LogP) is 7.00. The lowest BCUT2D eigenvalue weighted by Gasteiger charge is -2.40. The van der Waals surface area contributed by atoms with Gasteiger partial charge in [0.2, 0.25) is 0 Å². The van der Waals surface area contributed by atoms with Gasteiger partial charge in [0.1, 0.15) is 22.8 Å². The number of aromatic hydroxyl groups is 1. The van der Waals surface area contributed by atoms with Crippen LogP contribution in [0.25, 0.3) is 32.9 Å². The fraction of sp³-hybridized carbons (Fsp3) is 0.528. The number of hydrogen-bond acceptors (Lipinski definition) is 10. The second-order valence-electron chi connectivity index (χ2n) is 14.6. The van der Waals surface area contributed by atoms with Gasteiger partial charge in [-0.25, -0.2) is 13.8 Å². The first kappa shape index (κ1) is 36.7. The Labute approximate surface area is 303 Å². The summed E-state index contributed by atoms with van der Waals surface area (Å²) in [6.07, 6.45) is -7.59. The third-order valence-electron chi connectivity index (χ3n) is 10.8. The number of likely N-dealkylation sites (tertiary alicyclic amines) is 1. The highest BCUT2D eigenvalue weighted by Crippen LogP contribution is 2.48. The molecule has 290 valence electrons. The van der Waals surface area contributed by atoms with E-state index in [2.05, 4.69) is 29.7 Å². The molecule has 3 fully saturated rings. The molecule has 0 amide bonds. The third-order valence-corrected chi connectivity index (χ3v) is 10.8. The molecule has 2 saturated heterocycles. The summed E-state index contributed by atoms with van der Waals surface area (Å²) in [5, 5.41) is 13.9. The lowest BCUT2D eigenvalue weighted by atomic mass is 9.98. The maximum Gasteiger partial charge on any atom is 0.573 e. The third kappa shape index (κ3) is 7.26. The molecule has 0 unspecified atom stereocenters. The highest BCUT2D eigenvalue weighted by molar-refractivity contribution is 6.04. The van der Waals surface area contributed by atoms with Crippen molar-refractivity contribution in [1.82, 2.24) is 25.2 Å². The quantitative estimate of drug-likeness (QED) is 0.173. The van der Waals surface area contributed by atoms with Gasteiger partial charge in [-0.1, -0.05) is 13.0 Å². The minimum atomic E-state index is -5.29. The molecule has 8 rings (SSSR count). The molecular formula is C36H36F8N6O4. The molecule has 2 N–H and O–H groups in total. The second-order valence-corrected chi connectivity index (χ2v) is 14.6. The molecule has 2 aromatic carbocycles. The Bertz CT molecular complexity index is 2100. The number of aromatic nitrogens is 3. The zero-order valence-electron chi connectivity index (χ0n) is 29.0. The number of phenolic OH excluding ortho intramolecular Hbond substituents is 1. The average Bonchev–Trinajstić information content (AvgIpc) is 3.78. The van der Waals surface area contributed by atoms with E-state index in [1.807, 2.05) is 11.8 Å². The highest BCUT2D eigenvalue weighted by atomic mass is 19.4. The number of phenols is 1. The number of nitrogens with one attached hydrogen (secondary N) is 1. The summed E-state index contributed by atoms with van der Waals surface area (Å²) in [5.74, 6) is -3.65. The van der Waals surface area contributed by atoms with E-state index in [0.29, 0.717) is 55.9 Å². The Morgan fingerprint density at radius 1 is 0.981 bits per heavy atom. The summed E-state index contributed by atoms with van der Waals surface area (Å²) >= 11 is 0. The van der Waals surface area contributed by atoms with E-state index in [-0.39, 0.29) is 54.1 Å². The fourth-order valence-corrected chi connectivity index (χ4v) is 8.03. The van der Waals surface area contributed by atoms with Crippen LogP contribution in [0, 0.1) is 17.0 Å². The lowest BCUT2D eigenvalue weighted by Crippen LogP contribution is -2.56. The molecule has 1 aliphatic carbocycles. The van der Waals surface area contributed by atoms with E-state index in [4.69, 9.17) is 9.72 Å². The zero-order chi connectivity index (χ0) is 38.2. The molecule has 0 spiro atoms. The van der Waals surface area contributed by atoms with Crippen molar-refractivity contribution in [3.05, 3.63) is 41.6 Å². The average molecular weight is 769 g/mol. The van der Waals surface area contributed by atoms with Gasteiger partial charge in [-0.2, -0.15) is 9.97 Å². The van der Waals surface area contributed by atoms with Crippen LogP contribution in [0.4, 0.5) is 40.9 Å². The van der Waals surface area contributed by atoms with Crippen LogP contribution in [0.5, 0.6) is 17.5 Å². The molecule has 2 aromatic heterocycles. The number of piperazine rings is 1. The summed E-state index contributed by atoms with van der Waals surface area (Å²) in [4.78, 5) is 17.9. The van der Waals surface area contributed by atoms with Crippen molar-refractivity contribution in [2.75, 3.05) is 44.2 Å². The molecule has 10 nitrogen and oxygen atoms in total. The van der Waals surface area contributed by atoms with Crippen LogP contribution in [-0.2, 0) is 11.2 Å². The monoisotopic (exact) mass is 768 g/mol. The van der Waals surface area contributed by atoms with Crippen LogP contribution in [0.15, 0.2) is 24.3 Å². The molecule has 3 aliphatic heterocycles. The van der Waals surface area contributed by atoms with E-state index in [9.17, 15) is 31.4 Å². The van der Waals surface area contributed by atoms with E-state index >= 15 is 8.78 Å². The van der Waals surface area contributed by atoms with Gasteiger partial charge in [0.25, 0.3) is 0 Å². The summed E-state index contributed by atoms with van der Waals surface area (Å²) in [6, 6.07) is 3.86. The standard InChI is InChI=1S/C36H36F8N6O4/c1-2-19-14-50-20(13-45-19)4-6-25-27-30(28(38)29(46-25)23-12-21(51)11-18-3-5-24(37)31(26(18)23)54-36(42,43)44)47-33(48-32(27)50)52-17-34(8-9-34)16-49-10-7-22(15-49)53-35(39,40)41/h3,5,11-12,19-20,22,45,51H,2,4,6-10,13-17H2,1H3/t19-,20-,22+/m1/s1. The highest BCUT2D eigenvalue weighted by Gasteiger charge is 2.47. The number of benzene rings is 2. The smallest absolute Gasteiger partial charge is 0.508 e. The second kappa shape index (κ2) is 13.5. The van der Waals surface area contributed by atoms with E-state index < -0.39 is 58.5 Å². The normalized spacial score (nSPS) is 22.8. The van der Waals surface area contributed by atoms with E-state index in [0.717, 1.165) is 43.5 Å². The predicted molar refractivity (Wildman–Crippen MR) is 179 cm³/mol. The zero-order valence-corrected chi connectivity index (χ0v) is 29.0. The topological polar surface area (TPSA) is 105 Å². The number of rotatable bonds is 9. The Balaban J connectivity index is 1.21. The van der Waals surface area contributed by atoms with Crippen molar-refractivity contribution in [2.45, 2.75) is 76.4 Å². The van der Waals surface area contributed by atoms with Gasteiger partial charge in [-0.05, 0) is 62.1 Å². The van der Waals surface area contributed by atoms with Gasteiger partial charge in [0, 0.05) is 61.2 Å². The molecular weight excluding hydrogens is 732 g/mol. The number of nitrogens with zero attached hydrogens (tertiary/aromatic N) is 5. The number of halogens is 8. The van der Waals surface area contributed by atoms with Crippen molar-refractivity contribution in [3.63, 3.8) is 0 Å². The Morgan fingerprint density at radius 3 is 2.50 bits per heavy atom. The number of fused-ring (bicyclic) bond motifs is 3. The number of alkyl halides is 6. The Hall–Kier alpha value is -4.29. The molecule has 54 heavy (non-hydrogen) atoms. The van der Waals surface area contributed by atoms with Crippen molar-refractivity contribution >= 4 is 27.5 Å². The molecule has 4 aromatic rings. The Morgan fingerprint density at radius 2 is 1.78 bits per heavy atom. The molecule has 0 radical (unpaired) electrons. The number of hydrogen-bond donors (Lipinski definition) is 2. The van der Waals surface area contributed by atoms with Gasteiger partial charge in [-0.15, -0.1) is 26.3 Å². The minimum absolute atomic E-state index is 0.0527. The minimum Gasteiger partial charge on any atom is -0.508 e. The number of pyridine rings is 1. The molecule has 4 aliphatic rings. The SMILES string of the molecule is CC[C@@H]1CN2c3nc(OCC4(CN5CC[C@H](OC(F)(F)F)C5)CC4)nc4c(F)c(-c5cc(O)cc6ccc(F)c(OC(F)(F)F)c56)nc(c34)CC[C@@H]2CN1. The van der Waals surface area contributed by atoms with Crippen LogP contribution < -0.4 is 19.7 Å². The largest absolute Gasteiger partial charge is 0.573 e. The van der Waals surface area contributed by atoms with E-state index in [1.54, 1.807) is 0 Å². The Kier molecular flexibility index (Phi) is 9.15. The van der Waals surface area contributed by atoms with Crippen LogP contribution in [0.1, 0.15) is 44.7 Å². The lowest BCUT2D eigenvalue weighted by molar-refractivity contribution is -0.340. The summed E-state index contributed by atoms with van der Waals surface area (Å²) < 4.78 is 126. The first-order chi connectivity index (χ1) is 25.6. The molecule has 5 heterocycles. The van der Waals surface area contributed by atoms with Gasteiger partial charge >= 0.3 is 18.7 Å². The van der Waals surface area contributed by atoms with Crippen molar-refractivity contribution in [2.24, 2.45) is 5.41 Å². The molecule has 18 heteroatoms. The first-order valence-corrected chi connectivity index (χ1v) is 17.8. The number of aryl methyl sites for hydroxylation is 1. The maximum atomic E-state index is 17.1.